The number of ether oxygens (including phenoxy) is 2. The van der Waals surface area contributed by atoms with E-state index in [1.54, 1.807) is 6.92 Å². The molecule has 4 rings (SSSR count). The lowest BCUT2D eigenvalue weighted by atomic mass is 9.48. The third-order valence-electron chi connectivity index (χ3n) is 8.90. The van der Waals surface area contributed by atoms with E-state index in [0.29, 0.717) is 36.0 Å². The van der Waals surface area contributed by atoms with Gasteiger partial charge in [0.15, 0.2) is 11.4 Å². The van der Waals surface area contributed by atoms with E-state index in [9.17, 15) is 9.59 Å². The van der Waals surface area contributed by atoms with E-state index in [1.807, 2.05) is 6.92 Å². The monoisotopic (exact) mass is 400 g/mol. The molecule has 4 aliphatic rings. The van der Waals surface area contributed by atoms with Crippen molar-refractivity contribution in [3.8, 4) is 0 Å². The van der Waals surface area contributed by atoms with Gasteiger partial charge in [-0.25, -0.2) is 0 Å². The van der Waals surface area contributed by atoms with Gasteiger partial charge in [-0.15, -0.1) is 0 Å². The minimum atomic E-state index is -0.943. The molecule has 160 valence electrons. The SMILES string of the molecule is C=C1C[C@@H]2[C@H](CC[C@@]3(C)[C@H]2CC[C@]3(OC(C)=O)C(C)=O)[C@@H]2CCC(OCC)=CC12. The fraction of sp³-hybridized carbons (Fsp3) is 0.760. The number of fused-ring (bicyclic) bond motifs is 5. The highest BCUT2D eigenvalue weighted by Crippen LogP contribution is 2.66. The number of carbonyl (C=O) groups is 2. The molecule has 0 spiro atoms. The molecule has 0 aromatic rings. The normalized spacial score (nSPS) is 43.5. The van der Waals surface area contributed by atoms with Gasteiger partial charge >= 0.3 is 5.97 Å². The van der Waals surface area contributed by atoms with Crippen LogP contribution in [0.25, 0.3) is 0 Å². The molecule has 4 aliphatic carbocycles. The van der Waals surface area contributed by atoms with E-state index in [-0.39, 0.29) is 17.2 Å². The second-order valence-corrected chi connectivity index (χ2v) is 10.1. The lowest BCUT2D eigenvalue weighted by Gasteiger charge is -2.57. The van der Waals surface area contributed by atoms with E-state index in [0.717, 1.165) is 44.5 Å². The number of ketones is 1. The molecule has 29 heavy (non-hydrogen) atoms. The van der Waals surface area contributed by atoms with Gasteiger partial charge in [0.25, 0.3) is 0 Å². The van der Waals surface area contributed by atoms with Gasteiger partial charge in [0.2, 0.25) is 0 Å². The van der Waals surface area contributed by atoms with Crippen LogP contribution in [0.2, 0.25) is 0 Å². The molecule has 0 N–H and O–H groups in total. The Bertz CT molecular complexity index is 752. The maximum absolute atomic E-state index is 12.8. The summed E-state index contributed by atoms with van der Waals surface area (Å²) < 4.78 is 11.7. The van der Waals surface area contributed by atoms with Crippen LogP contribution in [0.4, 0.5) is 0 Å². The predicted octanol–water partition coefficient (Wildman–Crippen LogP) is 5.23. The first-order chi connectivity index (χ1) is 13.7. The maximum Gasteiger partial charge on any atom is 0.303 e. The van der Waals surface area contributed by atoms with Crippen LogP contribution in [-0.2, 0) is 19.1 Å². The van der Waals surface area contributed by atoms with Gasteiger partial charge in [-0.3, -0.25) is 9.59 Å². The van der Waals surface area contributed by atoms with Gasteiger partial charge < -0.3 is 9.47 Å². The van der Waals surface area contributed by atoms with Gasteiger partial charge in [-0.05, 0) is 82.1 Å². The van der Waals surface area contributed by atoms with Crippen molar-refractivity contribution < 1.29 is 19.1 Å². The van der Waals surface area contributed by atoms with Crippen molar-refractivity contribution in [3.05, 3.63) is 24.0 Å². The molecule has 0 radical (unpaired) electrons. The van der Waals surface area contributed by atoms with Gasteiger partial charge in [-0.2, -0.15) is 0 Å². The summed E-state index contributed by atoms with van der Waals surface area (Å²) in [6.07, 6.45) is 9.27. The number of hydrogen-bond acceptors (Lipinski definition) is 4. The number of Topliss-reactive ketones (excluding diaryl/α,β-unsaturated/α-hetero) is 1. The quantitative estimate of drug-likeness (QED) is 0.479. The summed E-state index contributed by atoms with van der Waals surface area (Å²) in [7, 11) is 0. The summed E-state index contributed by atoms with van der Waals surface area (Å²) in [5, 5.41) is 0. The molecular formula is C25H36O4. The molecule has 4 nitrogen and oxygen atoms in total. The minimum absolute atomic E-state index is 0.0191. The standard InChI is InChI=1S/C25H36O4/c1-6-28-18-7-8-19-20-9-11-24(5)23(22(20)13-15(2)21(19)14-18)10-12-25(24,16(3)26)29-17(4)27/h14,19-23H,2,6-13H2,1,3-5H3/t19-,20+,21?,22+,23-,24-,25-/m0/s1. The zero-order valence-electron chi connectivity index (χ0n) is 18.5. The lowest BCUT2D eigenvalue weighted by molar-refractivity contribution is -0.186. The van der Waals surface area contributed by atoms with Crippen molar-refractivity contribution in [2.45, 2.75) is 78.2 Å². The maximum atomic E-state index is 12.8. The van der Waals surface area contributed by atoms with Crippen molar-refractivity contribution in [2.75, 3.05) is 6.61 Å². The molecule has 0 aromatic carbocycles. The molecule has 0 aliphatic heterocycles. The highest BCUT2D eigenvalue weighted by atomic mass is 16.6. The molecule has 0 saturated heterocycles. The Kier molecular flexibility index (Phi) is 5.19. The second kappa shape index (κ2) is 7.28. The van der Waals surface area contributed by atoms with Crippen molar-refractivity contribution in [1.29, 1.82) is 0 Å². The number of allylic oxidation sites excluding steroid dienone is 3. The zero-order valence-corrected chi connectivity index (χ0v) is 18.5. The summed E-state index contributed by atoms with van der Waals surface area (Å²) in [5.74, 6) is 3.52. The highest BCUT2D eigenvalue weighted by molar-refractivity contribution is 5.89. The number of carbonyl (C=O) groups excluding carboxylic acids is 2. The third kappa shape index (κ3) is 3.00. The van der Waals surface area contributed by atoms with E-state index < -0.39 is 5.60 Å². The van der Waals surface area contributed by atoms with Gasteiger partial charge in [0.1, 0.15) is 0 Å². The Labute approximate surface area is 175 Å². The minimum Gasteiger partial charge on any atom is -0.499 e. The van der Waals surface area contributed by atoms with Crippen LogP contribution >= 0.6 is 0 Å². The van der Waals surface area contributed by atoms with Crippen LogP contribution in [0.15, 0.2) is 24.0 Å². The molecular weight excluding hydrogens is 364 g/mol. The molecule has 0 heterocycles. The van der Waals surface area contributed by atoms with Crippen molar-refractivity contribution >= 4 is 11.8 Å². The smallest absolute Gasteiger partial charge is 0.303 e. The second-order valence-electron chi connectivity index (χ2n) is 10.1. The molecule has 0 aromatic heterocycles. The molecule has 1 unspecified atom stereocenters. The first-order valence-electron chi connectivity index (χ1n) is 11.4. The zero-order chi connectivity index (χ0) is 21.0. The Hall–Kier alpha value is -1.58. The Morgan fingerprint density at radius 2 is 1.90 bits per heavy atom. The van der Waals surface area contributed by atoms with Crippen LogP contribution < -0.4 is 0 Å². The van der Waals surface area contributed by atoms with Gasteiger partial charge in [0.05, 0.1) is 12.4 Å². The number of esters is 1. The molecule has 0 amide bonds. The van der Waals surface area contributed by atoms with E-state index in [2.05, 4.69) is 19.6 Å². The van der Waals surface area contributed by atoms with Crippen molar-refractivity contribution in [2.24, 2.45) is 35.0 Å². The average Bonchev–Trinajstić information content (AvgIpc) is 2.96. The van der Waals surface area contributed by atoms with Crippen LogP contribution in [0.5, 0.6) is 0 Å². The fourth-order valence-corrected chi connectivity index (χ4v) is 7.74. The largest absolute Gasteiger partial charge is 0.499 e. The highest BCUT2D eigenvalue weighted by Gasteiger charge is 2.67. The Balaban J connectivity index is 1.64. The van der Waals surface area contributed by atoms with E-state index in [1.165, 1.54) is 18.9 Å². The first-order valence-corrected chi connectivity index (χ1v) is 11.4. The Morgan fingerprint density at radius 3 is 2.55 bits per heavy atom. The van der Waals surface area contributed by atoms with Crippen molar-refractivity contribution in [1.82, 2.24) is 0 Å². The average molecular weight is 401 g/mol. The van der Waals surface area contributed by atoms with Crippen molar-refractivity contribution in [3.63, 3.8) is 0 Å². The topological polar surface area (TPSA) is 52.6 Å². The molecule has 3 saturated carbocycles. The van der Waals surface area contributed by atoms with Crippen LogP contribution in [0.1, 0.15) is 72.6 Å². The summed E-state index contributed by atoms with van der Waals surface area (Å²) >= 11 is 0. The first kappa shape index (κ1) is 20.7. The van der Waals surface area contributed by atoms with E-state index in [4.69, 9.17) is 9.47 Å². The molecule has 7 atom stereocenters. The van der Waals surface area contributed by atoms with Crippen LogP contribution in [-0.4, -0.2) is 24.0 Å². The van der Waals surface area contributed by atoms with Gasteiger partial charge in [-0.1, -0.05) is 19.1 Å². The van der Waals surface area contributed by atoms with E-state index >= 15 is 0 Å². The summed E-state index contributed by atoms with van der Waals surface area (Å²) in [6, 6.07) is 0. The molecule has 3 fully saturated rings. The lowest BCUT2D eigenvalue weighted by Crippen LogP contribution is -2.58. The summed E-state index contributed by atoms with van der Waals surface area (Å²) in [5.41, 5.74) is 0.117. The molecule has 4 heteroatoms. The third-order valence-corrected chi connectivity index (χ3v) is 8.90. The number of rotatable bonds is 4. The van der Waals surface area contributed by atoms with Crippen LogP contribution in [0.3, 0.4) is 0 Å². The summed E-state index contributed by atoms with van der Waals surface area (Å²) in [6.45, 7) is 12.5. The number of hydrogen-bond donors (Lipinski definition) is 0. The fourth-order valence-electron chi connectivity index (χ4n) is 7.74. The molecule has 0 bridgehead atoms. The van der Waals surface area contributed by atoms with Crippen LogP contribution in [0, 0.1) is 35.0 Å². The Morgan fingerprint density at radius 1 is 1.14 bits per heavy atom. The predicted molar refractivity (Wildman–Crippen MR) is 112 cm³/mol. The summed E-state index contributed by atoms with van der Waals surface area (Å²) in [4.78, 5) is 24.7. The van der Waals surface area contributed by atoms with Gasteiger partial charge in [0, 0.05) is 24.7 Å².